The number of nitrogens with two attached hydrogens (primary N) is 1. The summed E-state index contributed by atoms with van der Waals surface area (Å²) in [6.45, 7) is 5.67. The molecule has 0 fully saturated rings. The molecule has 100 valence electrons. The van der Waals surface area contributed by atoms with Gasteiger partial charge in [0.05, 0.1) is 17.0 Å². The van der Waals surface area contributed by atoms with Crippen molar-refractivity contribution in [1.82, 2.24) is 0 Å². The maximum Gasteiger partial charge on any atom is 0.250 e. The monoisotopic (exact) mass is 378 g/mol. The molecule has 1 aromatic carbocycles. The number of ether oxygens (including phenoxy) is 1. The minimum atomic E-state index is -0.347. The molecule has 0 unspecified atom stereocenters. The first-order valence-electron chi connectivity index (χ1n) is 5.37. The highest BCUT2D eigenvalue weighted by atomic mass is 79.9. The number of benzene rings is 1. The molecule has 0 spiro atoms. The maximum atomic E-state index is 11.7. The largest absolute Gasteiger partial charge is 0.397 e. The van der Waals surface area contributed by atoms with Crippen molar-refractivity contribution >= 4 is 49.1 Å². The zero-order valence-corrected chi connectivity index (χ0v) is 13.7. The van der Waals surface area contributed by atoms with Crippen molar-refractivity contribution < 1.29 is 9.53 Å². The summed E-state index contributed by atoms with van der Waals surface area (Å²) in [6.07, 6.45) is 0. The molecule has 6 heteroatoms. The molecule has 18 heavy (non-hydrogen) atoms. The Morgan fingerprint density at radius 3 is 2.50 bits per heavy atom. The van der Waals surface area contributed by atoms with Crippen molar-refractivity contribution in [1.29, 1.82) is 0 Å². The summed E-state index contributed by atoms with van der Waals surface area (Å²) in [5.74, 6) is -0.236. The number of amides is 1. The van der Waals surface area contributed by atoms with E-state index in [2.05, 4.69) is 37.2 Å². The normalized spacial score (nSPS) is 11.4. The fourth-order valence-corrected chi connectivity index (χ4v) is 2.54. The van der Waals surface area contributed by atoms with Gasteiger partial charge in [0.1, 0.15) is 6.61 Å². The molecule has 4 nitrogen and oxygen atoms in total. The van der Waals surface area contributed by atoms with Crippen LogP contribution in [-0.2, 0) is 9.53 Å². The molecule has 0 aromatic heterocycles. The molecule has 3 N–H and O–H groups in total. The first-order valence-corrected chi connectivity index (χ1v) is 6.96. The smallest absolute Gasteiger partial charge is 0.250 e. The van der Waals surface area contributed by atoms with E-state index in [1.807, 2.05) is 26.8 Å². The first-order chi connectivity index (χ1) is 8.19. The van der Waals surface area contributed by atoms with E-state index in [1.165, 1.54) is 0 Å². The summed E-state index contributed by atoms with van der Waals surface area (Å²) in [7, 11) is 0. The van der Waals surface area contributed by atoms with Crippen LogP contribution in [0.15, 0.2) is 21.1 Å². The van der Waals surface area contributed by atoms with Gasteiger partial charge in [0.2, 0.25) is 5.91 Å². The third-order valence-corrected chi connectivity index (χ3v) is 3.07. The first kappa shape index (κ1) is 15.5. The van der Waals surface area contributed by atoms with Crippen LogP contribution in [0.5, 0.6) is 0 Å². The van der Waals surface area contributed by atoms with Crippen LogP contribution < -0.4 is 11.1 Å². The molecule has 0 bridgehead atoms. The summed E-state index contributed by atoms with van der Waals surface area (Å²) >= 11 is 6.67. The van der Waals surface area contributed by atoms with Crippen molar-refractivity contribution in [2.75, 3.05) is 17.7 Å². The SMILES string of the molecule is CC(C)(C)OCC(=O)Nc1c(N)cc(Br)cc1Br. The molecule has 0 atom stereocenters. The summed E-state index contributed by atoms with van der Waals surface area (Å²) in [5, 5.41) is 2.72. The molecule has 1 aromatic rings. The number of hydrogen-bond acceptors (Lipinski definition) is 3. The van der Waals surface area contributed by atoms with Gasteiger partial charge >= 0.3 is 0 Å². The fourth-order valence-electron chi connectivity index (χ4n) is 1.18. The van der Waals surface area contributed by atoms with Gasteiger partial charge in [-0.25, -0.2) is 0 Å². The lowest BCUT2D eigenvalue weighted by Gasteiger charge is -2.19. The molecule has 0 saturated heterocycles. The Labute approximate surface area is 124 Å². The molecule has 0 aliphatic heterocycles. The topological polar surface area (TPSA) is 64.3 Å². The van der Waals surface area contributed by atoms with Gasteiger partial charge in [-0.3, -0.25) is 4.79 Å². The van der Waals surface area contributed by atoms with Gasteiger partial charge in [-0.05, 0) is 48.8 Å². The summed E-state index contributed by atoms with van der Waals surface area (Å²) in [6, 6.07) is 3.54. The molecular formula is C12H16Br2N2O2. The number of hydrogen-bond donors (Lipinski definition) is 2. The number of carbonyl (C=O) groups excluding carboxylic acids is 1. The second-order valence-corrected chi connectivity index (χ2v) is 6.57. The molecule has 0 heterocycles. The van der Waals surface area contributed by atoms with Crippen molar-refractivity contribution in [3.63, 3.8) is 0 Å². The Bertz CT molecular complexity index is 433. The van der Waals surface area contributed by atoms with E-state index in [-0.39, 0.29) is 18.1 Å². The molecule has 0 saturated carbocycles. The van der Waals surface area contributed by atoms with Gasteiger partial charge in [0.25, 0.3) is 0 Å². The van der Waals surface area contributed by atoms with Crippen molar-refractivity contribution in [3.05, 3.63) is 21.1 Å². The van der Waals surface area contributed by atoms with Crippen LogP contribution >= 0.6 is 31.9 Å². The molecule has 1 amide bonds. The van der Waals surface area contributed by atoms with Crippen molar-refractivity contribution in [2.24, 2.45) is 0 Å². The van der Waals surface area contributed by atoms with Crippen LogP contribution in [0.25, 0.3) is 0 Å². The number of nitrogens with one attached hydrogen (secondary N) is 1. The third-order valence-electron chi connectivity index (χ3n) is 1.99. The second-order valence-electron chi connectivity index (χ2n) is 4.80. The third kappa shape index (κ3) is 4.96. The Kier molecular flexibility index (Phi) is 5.19. The van der Waals surface area contributed by atoms with Crippen LogP contribution in [0.2, 0.25) is 0 Å². The standard InChI is InChI=1S/C12H16Br2N2O2/c1-12(2,3)18-6-10(17)16-11-8(14)4-7(13)5-9(11)15/h4-5H,6,15H2,1-3H3,(H,16,17). The Morgan fingerprint density at radius 1 is 1.39 bits per heavy atom. The molecule has 0 aliphatic carbocycles. The average Bonchev–Trinajstić information content (AvgIpc) is 2.19. The molecular weight excluding hydrogens is 364 g/mol. The summed E-state index contributed by atoms with van der Waals surface area (Å²) < 4.78 is 6.95. The van der Waals surface area contributed by atoms with E-state index in [1.54, 1.807) is 6.07 Å². The number of halogens is 2. The lowest BCUT2D eigenvalue weighted by Crippen LogP contribution is -2.27. The summed E-state index contributed by atoms with van der Waals surface area (Å²) in [4.78, 5) is 11.7. The van der Waals surface area contributed by atoms with Gasteiger partial charge in [0.15, 0.2) is 0 Å². The van der Waals surface area contributed by atoms with Gasteiger partial charge < -0.3 is 15.8 Å². The Balaban J connectivity index is 2.71. The second kappa shape index (κ2) is 6.04. The highest BCUT2D eigenvalue weighted by Gasteiger charge is 2.15. The van der Waals surface area contributed by atoms with Crippen LogP contribution in [0.1, 0.15) is 20.8 Å². The van der Waals surface area contributed by atoms with E-state index in [4.69, 9.17) is 10.5 Å². The Hall–Kier alpha value is -0.590. The zero-order chi connectivity index (χ0) is 13.9. The zero-order valence-electron chi connectivity index (χ0n) is 10.5. The van der Waals surface area contributed by atoms with Crippen LogP contribution in [-0.4, -0.2) is 18.1 Å². The maximum absolute atomic E-state index is 11.7. The average molecular weight is 380 g/mol. The number of carbonyl (C=O) groups is 1. The summed E-state index contributed by atoms with van der Waals surface area (Å²) in [5.41, 5.74) is 6.53. The molecule has 0 aliphatic rings. The number of rotatable bonds is 3. The quantitative estimate of drug-likeness (QED) is 0.789. The molecule has 1 rings (SSSR count). The number of nitrogen functional groups attached to an aromatic ring is 1. The van der Waals surface area contributed by atoms with E-state index < -0.39 is 0 Å². The fraction of sp³-hybridized carbons (Fsp3) is 0.417. The van der Waals surface area contributed by atoms with E-state index in [0.717, 1.165) is 8.95 Å². The predicted molar refractivity (Wildman–Crippen MR) is 80.6 cm³/mol. The van der Waals surface area contributed by atoms with Crippen molar-refractivity contribution in [2.45, 2.75) is 26.4 Å². The van der Waals surface area contributed by atoms with Crippen LogP contribution in [0.4, 0.5) is 11.4 Å². The van der Waals surface area contributed by atoms with E-state index >= 15 is 0 Å². The van der Waals surface area contributed by atoms with Gasteiger partial charge in [-0.2, -0.15) is 0 Å². The highest BCUT2D eigenvalue weighted by molar-refractivity contribution is 9.11. The lowest BCUT2D eigenvalue weighted by molar-refractivity contribution is -0.125. The number of anilines is 2. The Morgan fingerprint density at radius 2 is 2.00 bits per heavy atom. The van der Waals surface area contributed by atoms with Crippen molar-refractivity contribution in [3.8, 4) is 0 Å². The van der Waals surface area contributed by atoms with Gasteiger partial charge in [-0.1, -0.05) is 15.9 Å². The van der Waals surface area contributed by atoms with E-state index in [9.17, 15) is 4.79 Å². The molecule has 0 radical (unpaired) electrons. The van der Waals surface area contributed by atoms with Crippen LogP contribution in [0, 0.1) is 0 Å². The van der Waals surface area contributed by atoms with Gasteiger partial charge in [-0.15, -0.1) is 0 Å². The van der Waals surface area contributed by atoms with E-state index in [0.29, 0.717) is 11.4 Å². The van der Waals surface area contributed by atoms with Gasteiger partial charge in [0, 0.05) is 8.95 Å². The minimum absolute atomic E-state index is 0.00849. The predicted octanol–water partition coefficient (Wildman–Crippen LogP) is 3.55. The highest BCUT2D eigenvalue weighted by Crippen LogP contribution is 2.32. The minimum Gasteiger partial charge on any atom is -0.397 e. The van der Waals surface area contributed by atoms with Crippen LogP contribution in [0.3, 0.4) is 0 Å². The lowest BCUT2D eigenvalue weighted by atomic mass is 10.2.